The first kappa shape index (κ1) is 28.9. The van der Waals surface area contributed by atoms with Gasteiger partial charge in [0.15, 0.2) is 5.78 Å². The van der Waals surface area contributed by atoms with E-state index in [1.165, 1.54) is 19.9 Å². The Morgan fingerprint density at radius 3 is 2.26 bits per heavy atom. The minimum Gasteiger partial charge on any atom is -0.461 e. The monoisotopic (exact) mass is 538 g/mol. The zero-order chi connectivity index (χ0) is 28.9. The minimum atomic E-state index is -1.58. The van der Waals surface area contributed by atoms with Crippen LogP contribution >= 0.6 is 0 Å². The van der Waals surface area contributed by atoms with Crippen molar-refractivity contribution in [2.75, 3.05) is 0 Å². The standard InChI is InChI=1S/C31H38O8/c1-17-22(34)13-14-30(7)25(17)27(38-19(3)32)31(29(5,6)36)15-23(35)18(2)24(31)26(28(30)39-20(4)33)37-16-21-11-9-8-10-12-21/h8-14,23,25-28,35-36H,1,15-16H2,2-7H3/t23-,25-,26+,27-,28-,30+,31-/m0/s1. The molecule has 1 fully saturated rings. The Hall–Kier alpha value is -3.07. The van der Waals surface area contributed by atoms with Crippen LogP contribution in [0.25, 0.3) is 0 Å². The van der Waals surface area contributed by atoms with Gasteiger partial charge in [-0.25, -0.2) is 0 Å². The Morgan fingerprint density at radius 2 is 1.69 bits per heavy atom. The van der Waals surface area contributed by atoms with Gasteiger partial charge in [-0.1, -0.05) is 49.9 Å². The van der Waals surface area contributed by atoms with E-state index >= 15 is 0 Å². The molecule has 3 aliphatic carbocycles. The number of rotatable bonds is 6. The van der Waals surface area contributed by atoms with Gasteiger partial charge in [0, 0.05) is 30.8 Å². The predicted molar refractivity (Wildman–Crippen MR) is 143 cm³/mol. The highest BCUT2D eigenvalue weighted by molar-refractivity contribution is 6.05. The first-order chi connectivity index (χ1) is 18.1. The lowest BCUT2D eigenvalue weighted by Crippen LogP contribution is -2.58. The number of carbonyl (C=O) groups is 3. The second kappa shape index (κ2) is 10.2. The van der Waals surface area contributed by atoms with Gasteiger partial charge in [-0.2, -0.15) is 0 Å². The molecule has 1 aromatic carbocycles. The molecule has 0 radical (unpaired) electrons. The summed E-state index contributed by atoms with van der Waals surface area (Å²) in [6.07, 6.45) is -1.04. The maximum atomic E-state index is 13.0. The molecule has 1 aromatic rings. The molecule has 2 N–H and O–H groups in total. The van der Waals surface area contributed by atoms with Crippen molar-refractivity contribution < 1.29 is 38.8 Å². The molecule has 1 saturated carbocycles. The second-order valence-corrected chi connectivity index (χ2v) is 11.7. The number of fused-ring (bicyclic) bond motifs is 2. The summed E-state index contributed by atoms with van der Waals surface area (Å²) in [5, 5.41) is 23.2. The molecule has 8 heteroatoms. The highest BCUT2D eigenvalue weighted by Gasteiger charge is 2.70. The van der Waals surface area contributed by atoms with Gasteiger partial charge in [0.2, 0.25) is 0 Å². The zero-order valence-electron chi connectivity index (χ0n) is 23.4. The third kappa shape index (κ3) is 4.68. The molecule has 0 unspecified atom stereocenters. The summed E-state index contributed by atoms with van der Waals surface area (Å²) in [4.78, 5) is 38.3. The van der Waals surface area contributed by atoms with Crippen LogP contribution in [0.3, 0.4) is 0 Å². The summed E-state index contributed by atoms with van der Waals surface area (Å²) in [6.45, 7) is 13.5. The predicted octanol–water partition coefficient (Wildman–Crippen LogP) is 3.60. The number of benzene rings is 1. The summed E-state index contributed by atoms with van der Waals surface area (Å²) in [5.74, 6) is -2.44. The average Bonchev–Trinajstić information content (AvgIpc) is 3.08. The van der Waals surface area contributed by atoms with Gasteiger partial charge in [0.1, 0.15) is 18.3 Å². The van der Waals surface area contributed by atoms with E-state index in [0.717, 1.165) is 5.56 Å². The molecule has 0 heterocycles. The van der Waals surface area contributed by atoms with E-state index in [4.69, 9.17) is 14.2 Å². The number of ketones is 1. The van der Waals surface area contributed by atoms with Gasteiger partial charge in [-0.15, -0.1) is 0 Å². The van der Waals surface area contributed by atoms with Gasteiger partial charge in [0.25, 0.3) is 0 Å². The lowest BCUT2D eigenvalue weighted by molar-refractivity contribution is -0.181. The van der Waals surface area contributed by atoms with Crippen LogP contribution in [0, 0.1) is 16.7 Å². The summed E-state index contributed by atoms with van der Waals surface area (Å²) >= 11 is 0. The van der Waals surface area contributed by atoms with E-state index < -0.39 is 58.7 Å². The number of ether oxygens (including phenoxy) is 3. The molecule has 0 aliphatic heterocycles. The number of allylic oxidation sites excluding steroid dienone is 1. The van der Waals surface area contributed by atoms with E-state index in [1.807, 2.05) is 37.3 Å². The lowest BCUT2D eigenvalue weighted by atomic mass is 9.57. The first-order valence-electron chi connectivity index (χ1n) is 13.2. The van der Waals surface area contributed by atoms with E-state index in [0.29, 0.717) is 11.1 Å². The number of aliphatic hydroxyl groups is 2. The van der Waals surface area contributed by atoms with E-state index in [-0.39, 0.29) is 24.4 Å². The van der Waals surface area contributed by atoms with Crippen LogP contribution in [0.1, 0.15) is 53.5 Å². The fourth-order valence-electron chi connectivity index (χ4n) is 6.96. The molecule has 210 valence electrons. The molecule has 8 nitrogen and oxygen atoms in total. The van der Waals surface area contributed by atoms with Crippen LogP contribution < -0.4 is 0 Å². The van der Waals surface area contributed by atoms with Gasteiger partial charge in [-0.05, 0) is 50.0 Å². The highest BCUT2D eigenvalue weighted by Crippen LogP contribution is 2.64. The fourth-order valence-corrected chi connectivity index (χ4v) is 6.96. The van der Waals surface area contributed by atoms with Crippen molar-refractivity contribution in [2.45, 2.75) is 84.6 Å². The van der Waals surface area contributed by atoms with Gasteiger partial charge in [0.05, 0.1) is 23.7 Å². The van der Waals surface area contributed by atoms with Crippen molar-refractivity contribution in [1.82, 2.24) is 0 Å². The third-order valence-corrected chi connectivity index (χ3v) is 8.79. The van der Waals surface area contributed by atoms with Gasteiger partial charge < -0.3 is 24.4 Å². The van der Waals surface area contributed by atoms with E-state index in [9.17, 15) is 24.6 Å². The van der Waals surface area contributed by atoms with Gasteiger partial charge in [-0.3, -0.25) is 14.4 Å². The molecule has 39 heavy (non-hydrogen) atoms. The van der Waals surface area contributed by atoms with E-state index in [2.05, 4.69) is 6.58 Å². The number of hydrogen-bond donors (Lipinski definition) is 2. The molecule has 0 aromatic heterocycles. The highest BCUT2D eigenvalue weighted by atomic mass is 16.6. The smallest absolute Gasteiger partial charge is 0.303 e. The third-order valence-electron chi connectivity index (χ3n) is 8.79. The summed E-state index contributed by atoms with van der Waals surface area (Å²) in [5.41, 5.74) is -2.04. The summed E-state index contributed by atoms with van der Waals surface area (Å²) in [6, 6.07) is 9.46. The lowest BCUT2D eigenvalue weighted by Gasteiger charge is -2.51. The number of esters is 2. The average molecular weight is 539 g/mol. The van der Waals surface area contributed by atoms with Crippen LogP contribution in [-0.4, -0.2) is 58.0 Å². The Kier molecular flexibility index (Phi) is 7.53. The first-order valence-corrected chi connectivity index (χ1v) is 13.2. The molecule has 0 spiro atoms. The quantitative estimate of drug-likeness (QED) is 0.320. The maximum Gasteiger partial charge on any atom is 0.303 e. The Balaban J connectivity index is 2.08. The maximum absolute atomic E-state index is 13.0. The van der Waals surface area contributed by atoms with Crippen molar-refractivity contribution in [3.8, 4) is 0 Å². The molecule has 0 saturated heterocycles. The number of aliphatic hydroxyl groups excluding tert-OH is 1. The number of carbonyl (C=O) groups excluding carboxylic acids is 3. The van der Waals surface area contributed by atoms with Crippen molar-refractivity contribution in [1.29, 1.82) is 0 Å². The molecule has 7 atom stereocenters. The molecule has 0 amide bonds. The molecule has 0 bridgehead atoms. The van der Waals surface area contributed by atoms with Crippen LogP contribution in [0.2, 0.25) is 0 Å². The Morgan fingerprint density at radius 1 is 1.10 bits per heavy atom. The van der Waals surface area contributed by atoms with Crippen molar-refractivity contribution >= 4 is 17.7 Å². The summed E-state index contributed by atoms with van der Waals surface area (Å²) in [7, 11) is 0. The second-order valence-electron chi connectivity index (χ2n) is 11.7. The molecular weight excluding hydrogens is 500 g/mol. The van der Waals surface area contributed by atoms with Crippen LogP contribution in [0.5, 0.6) is 0 Å². The van der Waals surface area contributed by atoms with Gasteiger partial charge >= 0.3 is 11.9 Å². The molecule has 3 aliphatic rings. The topological polar surface area (TPSA) is 119 Å². The zero-order valence-corrected chi connectivity index (χ0v) is 23.4. The van der Waals surface area contributed by atoms with Crippen molar-refractivity contribution in [3.63, 3.8) is 0 Å². The molecule has 4 rings (SSSR count). The minimum absolute atomic E-state index is 0.00532. The van der Waals surface area contributed by atoms with Crippen LogP contribution in [-0.2, 0) is 35.2 Å². The van der Waals surface area contributed by atoms with E-state index in [1.54, 1.807) is 26.8 Å². The SMILES string of the molecule is C=C1C(=O)C=C[C@@]2(C)[C@@H](OC(C)=O)[C@H](OCc3ccccc3)C3=C(C)[C@@H](O)C[C@@]3(C(C)(C)O)[C@@H](OC(C)=O)[C@H]12. The Bertz CT molecular complexity index is 1240. The van der Waals surface area contributed by atoms with Crippen molar-refractivity contribution in [2.24, 2.45) is 16.7 Å². The van der Waals surface area contributed by atoms with Crippen LogP contribution in [0.4, 0.5) is 0 Å². The van der Waals surface area contributed by atoms with Crippen molar-refractivity contribution in [3.05, 3.63) is 71.3 Å². The Labute approximate surface area is 229 Å². The van der Waals surface area contributed by atoms with Crippen LogP contribution in [0.15, 0.2) is 65.8 Å². The summed E-state index contributed by atoms with van der Waals surface area (Å²) < 4.78 is 18.7. The fraction of sp³-hybridized carbons (Fsp3) is 0.516. The molecular formula is C31H38O8. The normalized spacial score (nSPS) is 34.3. The number of hydrogen-bond acceptors (Lipinski definition) is 8. The largest absolute Gasteiger partial charge is 0.461 e.